The van der Waals surface area contributed by atoms with E-state index in [9.17, 15) is 18.8 Å². The minimum absolute atomic E-state index is 0.247. The third-order valence-electron chi connectivity index (χ3n) is 6.96. The van der Waals surface area contributed by atoms with E-state index in [-0.39, 0.29) is 30.3 Å². The normalized spacial score (nSPS) is 28.6. The molecule has 0 aromatic heterocycles. The highest BCUT2D eigenvalue weighted by Gasteiger charge is 2.70. The van der Waals surface area contributed by atoms with Gasteiger partial charge in [0.15, 0.2) is 0 Å². The summed E-state index contributed by atoms with van der Waals surface area (Å²) in [4.78, 5) is 41.7. The van der Waals surface area contributed by atoms with Crippen LogP contribution in [0.3, 0.4) is 0 Å². The minimum atomic E-state index is -1.43. The molecule has 166 valence electrons. The van der Waals surface area contributed by atoms with Crippen molar-refractivity contribution in [2.75, 3.05) is 11.9 Å². The zero-order valence-electron chi connectivity index (χ0n) is 18.1. The van der Waals surface area contributed by atoms with Crippen LogP contribution in [0.1, 0.15) is 31.4 Å². The van der Waals surface area contributed by atoms with E-state index < -0.39 is 29.1 Å². The van der Waals surface area contributed by atoms with Crippen LogP contribution in [-0.2, 0) is 26.3 Å². The quantitative estimate of drug-likeness (QED) is 0.708. The molecule has 0 radical (unpaired) electrons. The number of rotatable bonds is 5. The molecule has 0 bridgehead atoms. The summed E-state index contributed by atoms with van der Waals surface area (Å²) in [6, 6.07) is 13.4. The Morgan fingerprint density at radius 3 is 2.53 bits per heavy atom. The minimum Gasteiger partial charge on any atom is -0.324 e. The van der Waals surface area contributed by atoms with Crippen molar-refractivity contribution >= 4 is 23.4 Å². The number of nitrogens with one attached hydrogen (secondary N) is 2. The molecule has 2 aromatic rings. The van der Waals surface area contributed by atoms with E-state index in [1.807, 2.05) is 44.2 Å². The Labute approximate surface area is 186 Å². The molecule has 0 aliphatic carbocycles. The molecule has 32 heavy (non-hydrogen) atoms. The summed E-state index contributed by atoms with van der Waals surface area (Å²) in [5.41, 5.74) is 0.490. The van der Waals surface area contributed by atoms with Gasteiger partial charge in [0.05, 0.1) is 11.8 Å². The zero-order valence-corrected chi connectivity index (χ0v) is 18.1. The molecule has 0 saturated carbocycles. The molecule has 4 atom stereocenters. The van der Waals surface area contributed by atoms with Gasteiger partial charge in [0.1, 0.15) is 11.4 Å². The van der Waals surface area contributed by atoms with E-state index in [1.165, 1.54) is 23.1 Å². The lowest BCUT2D eigenvalue weighted by Crippen LogP contribution is -2.53. The summed E-state index contributed by atoms with van der Waals surface area (Å²) in [5, 5.41) is 6.14. The second-order valence-corrected chi connectivity index (χ2v) is 9.40. The first-order valence-electron chi connectivity index (χ1n) is 11.1. The largest absolute Gasteiger partial charge is 0.324 e. The van der Waals surface area contributed by atoms with Crippen molar-refractivity contribution in [1.29, 1.82) is 0 Å². The van der Waals surface area contributed by atoms with Gasteiger partial charge in [-0.05, 0) is 42.5 Å². The number of anilines is 1. The topological polar surface area (TPSA) is 78.5 Å². The number of hydrogen-bond acceptors (Lipinski definition) is 4. The number of carbonyl (C=O) groups excluding carboxylic acids is 3. The molecular formula is C25H26FN3O3. The van der Waals surface area contributed by atoms with E-state index in [0.29, 0.717) is 24.1 Å². The Balaban J connectivity index is 1.54. The first kappa shape index (κ1) is 20.8. The van der Waals surface area contributed by atoms with Gasteiger partial charge in [0.25, 0.3) is 0 Å². The second kappa shape index (κ2) is 7.52. The molecule has 2 saturated heterocycles. The summed E-state index contributed by atoms with van der Waals surface area (Å²) in [5.74, 6) is -2.78. The summed E-state index contributed by atoms with van der Waals surface area (Å²) in [7, 11) is 0. The van der Waals surface area contributed by atoms with Gasteiger partial charge < -0.3 is 5.32 Å². The SMILES string of the molecule is CC(C)CC1NC2(C(=O)Nc3ccc(F)cc32)[C@@H]2C(=O)N(CCc3ccccc3)C(=O)[C@H]12. The summed E-state index contributed by atoms with van der Waals surface area (Å²) in [6.45, 7) is 4.34. The highest BCUT2D eigenvalue weighted by molar-refractivity contribution is 6.15. The average Bonchev–Trinajstić information content (AvgIpc) is 3.32. The lowest BCUT2D eigenvalue weighted by atomic mass is 9.76. The van der Waals surface area contributed by atoms with Crippen molar-refractivity contribution in [3.8, 4) is 0 Å². The van der Waals surface area contributed by atoms with Gasteiger partial charge in [-0.3, -0.25) is 24.6 Å². The molecule has 3 heterocycles. The number of hydrogen-bond donors (Lipinski definition) is 2. The van der Waals surface area contributed by atoms with Crippen LogP contribution in [0.2, 0.25) is 0 Å². The van der Waals surface area contributed by atoms with Gasteiger partial charge >= 0.3 is 0 Å². The van der Waals surface area contributed by atoms with E-state index >= 15 is 0 Å². The van der Waals surface area contributed by atoms with Crippen LogP contribution in [0.4, 0.5) is 10.1 Å². The molecular weight excluding hydrogens is 409 g/mol. The van der Waals surface area contributed by atoms with Crippen LogP contribution in [0.5, 0.6) is 0 Å². The highest BCUT2D eigenvalue weighted by Crippen LogP contribution is 2.53. The summed E-state index contributed by atoms with van der Waals surface area (Å²) >= 11 is 0. The zero-order chi connectivity index (χ0) is 22.6. The van der Waals surface area contributed by atoms with Crippen LogP contribution in [0.15, 0.2) is 48.5 Å². The predicted octanol–water partition coefficient (Wildman–Crippen LogP) is 2.83. The molecule has 5 rings (SSSR count). The van der Waals surface area contributed by atoms with Gasteiger partial charge in [0, 0.05) is 23.8 Å². The van der Waals surface area contributed by atoms with Crippen molar-refractivity contribution in [3.05, 3.63) is 65.5 Å². The number of nitrogens with zero attached hydrogens (tertiary/aromatic N) is 1. The van der Waals surface area contributed by atoms with Crippen LogP contribution < -0.4 is 10.6 Å². The van der Waals surface area contributed by atoms with E-state index in [2.05, 4.69) is 10.6 Å². The standard InChI is InChI=1S/C25H26FN3O3/c1-14(2)12-19-20-21(23(31)29(22(20)30)11-10-15-6-4-3-5-7-15)25(28-19)17-13-16(26)8-9-18(17)27-24(25)32/h3-9,13-14,19-21,28H,10-12H2,1-2H3,(H,27,32)/t19?,20-,21+,25?/m1/s1. The molecule has 1 spiro atoms. The van der Waals surface area contributed by atoms with Gasteiger partial charge in [-0.15, -0.1) is 0 Å². The van der Waals surface area contributed by atoms with Crippen molar-refractivity contribution in [3.63, 3.8) is 0 Å². The summed E-state index contributed by atoms with van der Waals surface area (Å²) < 4.78 is 14.2. The monoisotopic (exact) mass is 435 g/mol. The van der Waals surface area contributed by atoms with Gasteiger partial charge in [-0.25, -0.2) is 4.39 Å². The van der Waals surface area contributed by atoms with Crippen LogP contribution in [-0.4, -0.2) is 35.2 Å². The van der Waals surface area contributed by atoms with Crippen LogP contribution in [0, 0.1) is 23.6 Å². The maximum absolute atomic E-state index is 14.2. The number of amides is 3. The maximum Gasteiger partial charge on any atom is 0.250 e. The summed E-state index contributed by atoms with van der Waals surface area (Å²) in [6.07, 6.45) is 1.18. The highest BCUT2D eigenvalue weighted by atomic mass is 19.1. The van der Waals surface area contributed by atoms with Crippen molar-refractivity contribution in [1.82, 2.24) is 10.2 Å². The van der Waals surface area contributed by atoms with Crippen molar-refractivity contribution < 1.29 is 18.8 Å². The number of benzene rings is 2. The lowest BCUT2D eigenvalue weighted by molar-refractivity contribution is -0.142. The third-order valence-corrected chi connectivity index (χ3v) is 6.96. The molecule has 2 N–H and O–H groups in total. The Morgan fingerprint density at radius 2 is 1.81 bits per heavy atom. The predicted molar refractivity (Wildman–Crippen MR) is 117 cm³/mol. The first-order chi connectivity index (χ1) is 15.3. The number of carbonyl (C=O) groups is 3. The number of likely N-dealkylation sites (tertiary alicyclic amines) is 1. The van der Waals surface area contributed by atoms with Crippen LogP contribution >= 0.6 is 0 Å². The van der Waals surface area contributed by atoms with Crippen molar-refractivity contribution in [2.45, 2.75) is 38.3 Å². The van der Waals surface area contributed by atoms with Crippen LogP contribution in [0.25, 0.3) is 0 Å². The molecule has 2 aromatic carbocycles. The lowest BCUT2D eigenvalue weighted by Gasteiger charge is -2.30. The van der Waals surface area contributed by atoms with Crippen molar-refractivity contribution in [2.24, 2.45) is 17.8 Å². The average molecular weight is 435 g/mol. The number of halogens is 1. The molecule has 3 aliphatic heterocycles. The maximum atomic E-state index is 14.2. The molecule has 6 nitrogen and oxygen atoms in total. The molecule has 7 heteroatoms. The Morgan fingerprint density at radius 1 is 1.06 bits per heavy atom. The molecule has 3 aliphatic rings. The third kappa shape index (κ3) is 2.98. The Bertz CT molecular complexity index is 1100. The molecule has 2 unspecified atom stereocenters. The van der Waals surface area contributed by atoms with E-state index in [1.54, 1.807) is 0 Å². The van der Waals surface area contributed by atoms with Gasteiger partial charge in [-0.1, -0.05) is 44.2 Å². The Hall–Kier alpha value is -3.06. The molecule has 3 amide bonds. The number of fused-ring (bicyclic) bond motifs is 4. The van der Waals surface area contributed by atoms with E-state index in [0.717, 1.165) is 5.56 Å². The Kier molecular flexibility index (Phi) is 4.89. The van der Waals surface area contributed by atoms with Gasteiger partial charge in [-0.2, -0.15) is 0 Å². The smallest absolute Gasteiger partial charge is 0.250 e. The first-order valence-corrected chi connectivity index (χ1v) is 11.1. The number of imide groups is 1. The fourth-order valence-corrected chi connectivity index (χ4v) is 5.65. The second-order valence-electron chi connectivity index (χ2n) is 9.40. The van der Waals surface area contributed by atoms with E-state index in [4.69, 9.17) is 0 Å². The van der Waals surface area contributed by atoms with Gasteiger partial charge in [0.2, 0.25) is 17.7 Å². The fourth-order valence-electron chi connectivity index (χ4n) is 5.65. The molecule has 2 fully saturated rings. The fraction of sp³-hybridized carbons (Fsp3) is 0.400.